The molecule has 0 aliphatic rings. The fourth-order valence-corrected chi connectivity index (χ4v) is 3.94. The zero-order chi connectivity index (χ0) is 23.0. The van der Waals surface area contributed by atoms with Crippen LogP contribution in [0.4, 0.5) is 0 Å². The average molecular weight is 444 g/mol. The summed E-state index contributed by atoms with van der Waals surface area (Å²) < 4.78 is 0. The van der Waals surface area contributed by atoms with Crippen LogP contribution in [0.2, 0.25) is 5.02 Å². The normalized spacial score (nSPS) is 13.2. The third-order valence-corrected chi connectivity index (χ3v) is 5.99. The van der Waals surface area contributed by atoms with Crippen LogP contribution in [0.3, 0.4) is 0 Å². The Morgan fingerprint density at radius 1 is 1.06 bits per heavy atom. The number of carbonyl (C=O) groups is 2. The molecule has 2 unspecified atom stereocenters. The monoisotopic (exact) mass is 443 g/mol. The van der Waals surface area contributed by atoms with Gasteiger partial charge in [0.15, 0.2) is 0 Å². The van der Waals surface area contributed by atoms with Gasteiger partial charge in [-0.3, -0.25) is 9.59 Å². The molecule has 0 heterocycles. The lowest BCUT2D eigenvalue weighted by Gasteiger charge is -2.26. The number of halogens is 1. The van der Waals surface area contributed by atoms with Crippen molar-refractivity contribution in [3.05, 3.63) is 70.2 Å². The molecule has 0 spiro atoms. The van der Waals surface area contributed by atoms with Gasteiger partial charge in [0.2, 0.25) is 5.91 Å². The van der Waals surface area contributed by atoms with Gasteiger partial charge in [-0.2, -0.15) is 0 Å². The predicted molar refractivity (Wildman–Crippen MR) is 128 cm³/mol. The molecule has 0 bridgehead atoms. The average Bonchev–Trinajstić information content (AvgIpc) is 2.74. The SMILES string of the molecule is CNC(=O)c1ccc(CC(CNC(=O)CC(c2ccccc2)C(C)C)N(C)C)cc1Cl. The summed E-state index contributed by atoms with van der Waals surface area (Å²) in [5.41, 5.74) is 2.68. The highest BCUT2D eigenvalue weighted by Crippen LogP contribution is 2.27. The highest BCUT2D eigenvalue weighted by atomic mass is 35.5. The Hall–Kier alpha value is -2.37. The van der Waals surface area contributed by atoms with Gasteiger partial charge < -0.3 is 15.5 Å². The second-order valence-electron chi connectivity index (χ2n) is 8.48. The van der Waals surface area contributed by atoms with Crippen LogP contribution in [0.25, 0.3) is 0 Å². The number of benzene rings is 2. The smallest absolute Gasteiger partial charge is 0.252 e. The molecule has 31 heavy (non-hydrogen) atoms. The molecule has 2 aromatic rings. The molecular weight excluding hydrogens is 410 g/mol. The minimum Gasteiger partial charge on any atom is -0.355 e. The maximum atomic E-state index is 12.7. The summed E-state index contributed by atoms with van der Waals surface area (Å²) in [6, 6.07) is 15.8. The minimum absolute atomic E-state index is 0.0578. The Labute approximate surface area is 191 Å². The molecule has 5 nitrogen and oxygen atoms in total. The van der Waals surface area contributed by atoms with Crippen molar-refractivity contribution in [2.75, 3.05) is 27.7 Å². The molecule has 2 atom stereocenters. The topological polar surface area (TPSA) is 61.4 Å². The van der Waals surface area contributed by atoms with E-state index >= 15 is 0 Å². The van der Waals surface area contributed by atoms with Crippen LogP contribution in [-0.2, 0) is 11.2 Å². The number of rotatable bonds is 10. The number of likely N-dealkylation sites (N-methyl/N-ethyl adjacent to an activating group) is 1. The van der Waals surface area contributed by atoms with Gasteiger partial charge in [-0.05, 0) is 55.6 Å². The fourth-order valence-electron chi connectivity index (χ4n) is 3.66. The number of nitrogens with one attached hydrogen (secondary N) is 2. The molecule has 168 valence electrons. The molecule has 2 amide bonds. The molecule has 2 aromatic carbocycles. The number of nitrogens with zero attached hydrogens (tertiary/aromatic N) is 1. The second kappa shape index (κ2) is 11.9. The van der Waals surface area contributed by atoms with Crippen LogP contribution in [0.1, 0.15) is 47.7 Å². The van der Waals surface area contributed by atoms with E-state index in [9.17, 15) is 9.59 Å². The Kier molecular flexibility index (Phi) is 9.53. The molecule has 0 radical (unpaired) electrons. The zero-order valence-electron chi connectivity index (χ0n) is 19.1. The Morgan fingerprint density at radius 3 is 2.29 bits per heavy atom. The van der Waals surface area contributed by atoms with E-state index in [2.05, 4.69) is 41.5 Å². The van der Waals surface area contributed by atoms with E-state index in [4.69, 9.17) is 11.6 Å². The van der Waals surface area contributed by atoms with Gasteiger partial charge in [0.1, 0.15) is 0 Å². The van der Waals surface area contributed by atoms with Crippen molar-refractivity contribution in [2.24, 2.45) is 5.92 Å². The minimum atomic E-state index is -0.203. The van der Waals surface area contributed by atoms with Crippen LogP contribution in [0.15, 0.2) is 48.5 Å². The van der Waals surface area contributed by atoms with Crippen LogP contribution in [0.5, 0.6) is 0 Å². The van der Waals surface area contributed by atoms with E-state index in [1.54, 1.807) is 13.1 Å². The van der Waals surface area contributed by atoms with Crippen molar-refractivity contribution >= 4 is 23.4 Å². The van der Waals surface area contributed by atoms with Gasteiger partial charge in [0.05, 0.1) is 10.6 Å². The van der Waals surface area contributed by atoms with Crippen LogP contribution < -0.4 is 10.6 Å². The third kappa shape index (κ3) is 7.37. The van der Waals surface area contributed by atoms with E-state index in [1.165, 1.54) is 5.56 Å². The maximum absolute atomic E-state index is 12.7. The summed E-state index contributed by atoms with van der Waals surface area (Å²) in [6.07, 6.45) is 1.18. The summed E-state index contributed by atoms with van der Waals surface area (Å²) in [5.74, 6) is 0.419. The molecule has 2 rings (SSSR count). The Balaban J connectivity index is 1.99. The largest absolute Gasteiger partial charge is 0.355 e. The van der Waals surface area contributed by atoms with Gasteiger partial charge in [-0.1, -0.05) is 61.8 Å². The first kappa shape index (κ1) is 24.9. The van der Waals surface area contributed by atoms with Gasteiger partial charge in [0, 0.05) is 26.1 Å². The first-order chi connectivity index (χ1) is 14.7. The number of hydrogen-bond donors (Lipinski definition) is 2. The summed E-state index contributed by atoms with van der Waals surface area (Å²) in [5, 5.41) is 6.14. The first-order valence-corrected chi connectivity index (χ1v) is 11.1. The second-order valence-corrected chi connectivity index (χ2v) is 8.89. The zero-order valence-corrected chi connectivity index (χ0v) is 19.9. The lowest BCUT2D eigenvalue weighted by atomic mass is 9.85. The lowest BCUT2D eigenvalue weighted by molar-refractivity contribution is -0.121. The van der Waals surface area contributed by atoms with Crippen molar-refractivity contribution in [1.29, 1.82) is 0 Å². The summed E-state index contributed by atoms with van der Waals surface area (Å²) >= 11 is 6.29. The quantitative estimate of drug-likeness (QED) is 0.580. The standard InChI is InChI=1S/C25H34ClN3O2/c1-17(2)22(19-9-7-6-8-10-19)15-24(30)28-16-20(29(4)5)13-18-11-12-21(23(26)14-18)25(31)27-3/h6-12,14,17,20,22H,13,15-16H2,1-5H3,(H,27,31)(H,28,30). The van der Waals surface area contributed by atoms with Crippen LogP contribution in [-0.4, -0.2) is 50.4 Å². The van der Waals surface area contributed by atoms with Crippen LogP contribution >= 0.6 is 11.6 Å². The van der Waals surface area contributed by atoms with E-state index in [-0.39, 0.29) is 23.8 Å². The van der Waals surface area contributed by atoms with E-state index in [0.717, 1.165) is 5.56 Å². The third-order valence-electron chi connectivity index (χ3n) is 5.68. The maximum Gasteiger partial charge on any atom is 0.252 e. The van der Waals surface area contributed by atoms with Crippen molar-refractivity contribution in [2.45, 2.75) is 38.6 Å². The van der Waals surface area contributed by atoms with Crippen molar-refractivity contribution in [3.8, 4) is 0 Å². The van der Waals surface area contributed by atoms with Gasteiger partial charge in [-0.15, -0.1) is 0 Å². The molecule has 6 heteroatoms. The van der Waals surface area contributed by atoms with Crippen LogP contribution in [0, 0.1) is 5.92 Å². The first-order valence-electron chi connectivity index (χ1n) is 10.7. The number of hydrogen-bond acceptors (Lipinski definition) is 3. The lowest BCUT2D eigenvalue weighted by Crippen LogP contribution is -2.42. The molecule has 0 saturated heterocycles. The van der Waals surface area contributed by atoms with Crippen molar-refractivity contribution in [3.63, 3.8) is 0 Å². The predicted octanol–water partition coefficient (Wildman–Crippen LogP) is 4.12. The molecule has 2 N–H and O–H groups in total. The number of carbonyl (C=O) groups excluding carboxylic acids is 2. The Morgan fingerprint density at radius 2 is 1.74 bits per heavy atom. The summed E-state index contributed by atoms with van der Waals surface area (Å²) in [4.78, 5) is 26.7. The van der Waals surface area contributed by atoms with Gasteiger partial charge >= 0.3 is 0 Å². The molecule has 0 aromatic heterocycles. The van der Waals surface area contributed by atoms with Gasteiger partial charge in [0.25, 0.3) is 5.91 Å². The molecule has 0 saturated carbocycles. The van der Waals surface area contributed by atoms with Crippen molar-refractivity contribution in [1.82, 2.24) is 15.5 Å². The number of amides is 2. The molecular formula is C25H34ClN3O2. The van der Waals surface area contributed by atoms with Crippen molar-refractivity contribution < 1.29 is 9.59 Å². The summed E-state index contributed by atoms with van der Waals surface area (Å²) in [7, 11) is 5.58. The molecule has 0 aliphatic carbocycles. The molecule has 0 fully saturated rings. The van der Waals surface area contributed by atoms with Gasteiger partial charge in [-0.25, -0.2) is 0 Å². The van der Waals surface area contributed by atoms with E-state index in [0.29, 0.717) is 35.9 Å². The Bertz CT molecular complexity index is 868. The highest BCUT2D eigenvalue weighted by Gasteiger charge is 2.21. The fraction of sp³-hybridized carbons (Fsp3) is 0.440. The highest BCUT2D eigenvalue weighted by molar-refractivity contribution is 6.33. The summed E-state index contributed by atoms with van der Waals surface area (Å²) in [6.45, 7) is 4.85. The van der Waals surface area contributed by atoms with E-state index < -0.39 is 0 Å². The molecule has 0 aliphatic heterocycles. The van der Waals surface area contributed by atoms with E-state index in [1.807, 2.05) is 44.4 Å².